The van der Waals surface area contributed by atoms with Crippen molar-refractivity contribution in [3.05, 3.63) is 64.2 Å². The molecule has 1 atom stereocenters. The molecule has 0 saturated carbocycles. The minimum Gasteiger partial charge on any atom is -0.379 e. The van der Waals surface area contributed by atoms with Crippen LogP contribution in [0.3, 0.4) is 0 Å². The Morgan fingerprint density at radius 1 is 1.21 bits per heavy atom. The Balaban J connectivity index is 2.18. The molecule has 2 rings (SSSR count). The second-order valence-electron chi connectivity index (χ2n) is 4.57. The number of hydrogen-bond acceptors (Lipinski definition) is 2. The van der Waals surface area contributed by atoms with Gasteiger partial charge in [-0.05, 0) is 55.3 Å². The van der Waals surface area contributed by atoms with Gasteiger partial charge in [0.2, 0.25) is 0 Å². The van der Waals surface area contributed by atoms with Crippen molar-refractivity contribution in [2.75, 3.05) is 5.32 Å². The van der Waals surface area contributed by atoms with E-state index in [-0.39, 0.29) is 6.04 Å². The maximum absolute atomic E-state index is 8.92. The Morgan fingerprint density at radius 2 is 2.00 bits per heavy atom. The Kier molecular flexibility index (Phi) is 4.09. The van der Waals surface area contributed by atoms with Gasteiger partial charge in [-0.3, -0.25) is 0 Å². The molecular formula is C16H15ClN2. The third kappa shape index (κ3) is 3.27. The van der Waals surface area contributed by atoms with Crippen molar-refractivity contribution < 1.29 is 0 Å². The van der Waals surface area contributed by atoms with E-state index >= 15 is 0 Å². The van der Waals surface area contributed by atoms with Crippen LogP contribution in [0.15, 0.2) is 42.5 Å². The lowest BCUT2D eigenvalue weighted by atomic mass is 10.1. The minimum atomic E-state index is 0.133. The smallest absolute Gasteiger partial charge is 0.0991 e. The van der Waals surface area contributed by atoms with Gasteiger partial charge in [-0.25, -0.2) is 0 Å². The predicted octanol–water partition coefficient (Wildman–Crippen LogP) is 4.69. The van der Waals surface area contributed by atoms with Crippen LogP contribution in [0.1, 0.15) is 29.7 Å². The highest BCUT2D eigenvalue weighted by Gasteiger charge is 2.06. The van der Waals surface area contributed by atoms with Gasteiger partial charge in [-0.1, -0.05) is 23.7 Å². The van der Waals surface area contributed by atoms with Crippen molar-refractivity contribution in [3.8, 4) is 6.07 Å². The molecule has 19 heavy (non-hydrogen) atoms. The van der Waals surface area contributed by atoms with Gasteiger partial charge >= 0.3 is 0 Å². The van der Waals surface area contributed by atoms with E-state index in [0.29, 0.717) is 5.56 Å². The molecule has 0 aliphatic rings. The molecule has 0 spiro atoms. The van der Waals surface area contributed by atoms with E-state index in [1.807, 2.05) is 49.4 Å². The van der Waals surface area contributed by atoms with Crippen LogP contribution in [-0.4, -0.2) is 0 Å². The van der Waals surface area contributed by atoms with Crippen LogP contribution in [0.25, 0.3) is 0 Å². The molecule has 1 N–H and O–H groups in total. The SMILES string of the molecule is Cc1cc(NC(C)c2cccc(C#N)c2)ccc1Cl. The first kappa shape index (κ1) is 13.5. The van der Waals surface area contributed by atoms with Gasteiger partial charge < -0.3 is 5.32 Å². The van der Waals surface area contributed by atoms with E-state index in [1.54, 1.807) is 0 Å². The number of nitrogens with zero attached hydrogens (tertiary/aromatic N) is 1. The Bertz CT molecular complexity index is 629. The molecule has 0 bridgehead atoms. The summed E-state index contributed by atoms with van der Waals surface area (Å²) in [7, 11) is 0. The summed E-state index contributed by atoms with van der Waals surface area (Å²) < 4.78 is 0. The number of hydrogen-bond donors (Lipinski definition) is 1. The van der Waals surface area contributed by atoms with Crippen LogP contribution in [0.5, 0.6) is 0 Å². The Labute approximate surface area is 118 Å². The van der Waals surface area contributed by atoms with E-state index < -0.39 is 0 Å². The molecule has 0 amide bonds. The van der Waals surface area contributed by atoms with Crippen molar-refractivity contribution in [1.29, 1.82) is 5.26 Å². The first-order valence-corrected chi connectivity index (χ1v) is 6.50. The standard InChI is InChI=1S/C16H15ClN2/c1-11-8-15(6-7-16(11)17)19-12(2)14-5-3-4-13(9-14)10-18/h3-9,12,19H,1-2H3. The quantitative estimate of drug-likeness (QED) is 0.878. The predicted molar refractivity (Wildman–Crippen MR) is 79.4 cm³/mol. The van der Waals surface area contributed by atoms with Crippen LogP contribution in [0.2, 0.25) is 5.02 Å². The Morgan fingerprint density at radius 3 is 2.68 bits per heavy atom. The van der Waals surface area contributed by atoms with Gasteiger partial charge in [-0.15, -0.1) is 0 Å². The second-order valence-corrected chi connectivity index (χ2v) is 4.97. The summed E-state index contributed by atoms with van der Waals surface area (Å²) in [4.78, 5) is 0. The van der Waals surface area contributed by atoms with Gasteiger partial charge in [0.25, 0.3) is 0 Å². The fourth-order valence-electron chi connectivity index (χ4n) is 1.95. The zero-order valence-electron chi connectivity index (χ0n) is 10.9. The van der Waals surface area contributed by atoms with Crippen LogP contribution < -0.4 is 5.32 Å². The van der Waals surface area contributed by atoms with Crippen LogP contribution in [-0.2, 0) is 0 Å². The Hall–Kier alpha value is -1.98. The number of anilines is 1. The van der Waals surface area contributed by atoms with Crippen molar-refractivity contribution in [1.82, 2.24) is 0 Å². The molecule has 0 aliphatic carbocycles. The zero-order valence-corrected chi connectivity index (χ0v) is 11.7. The molecular weight excluding hydrogens is 256 g/mol. The highest BCUT2D eigenvalue weighted by Crippen LogP contribution is 2.24. The molecule has 1 unspecified atom stereocenters. The van der Waals surface area contributed by atoms with Gasteiger partial charge in [-0.2, -0.15) is 5.26 Å². The molecule has 0 radical (unpaired) electrons. The fraction of sp³-hybridized carbons (Fsp3) is 0.188. The highest BCUT2D eigenvalue weighted by molar-refractivity contribution is 6.31. The number of benzene rings is 2. The third-order valence-electron chi connectivity index (χ3n) is 3.06. The van der Waals surface area contributed by atoms with E-state index in [1.165, 1.54) is 0 Å². The normalized spacial score (nSPS) is 11.7. The van der Waals surface area contributed by atoms with E-state index in [4.69, 9.17) is 16.9 Å². The molecule has 96 valence electrons. The third-order valence-corrected chi connectivity index (χ3v) is 3.48. The van der Waals surface area contributed by atoms with Crippen molar-refractivity contribution in [2.24, 2.45) is 0 Å². The molecule has 0 saturated heterocycles. The van der Waals surface area contributed by atoms with Crippen molar-refractivity contribution >= 4 is 17.3 Å². The summed E-state index contributed by atoms with van der Waals surface area (Å²) in [5, 5.41) is 13.1. The maximum Gasteiger partial charge on any atom is 0.0991 e. The molecule has 2 aromatic rings. The second kappa shape index (κ2) is 5.77. The molecule has 2 aromatic carbocycles. The number of rotatable bonds is 3. The van der Waals surface area contributed by atoms with Gasteiger partial charge in [0.15, 0.2) is 0 Å². The fourth-order valence-corrected chi connectivity index (χ4v) is 2.06. The molecule has 0 aromatic heterocycles. The lowest BCUT2D eigenvalue weighted by Gasteiger charge is -2.16. The summed E-state index contributed by atoms with van der Waals surface area (Å²) in [6.45, 7) is 4.05. The van der Waals surface area contributed by atoms with Crippen molar-refractivity contribution in [3.63, 3.8) is 0 Å². The highest BCUT2D eigenvalue weighted by atomic mass is 35.5. The summed E-state index contributed by atoms with van der Waals surface area (Å²) >= 11 is 6.01. The van der Waals surface area contributed by atoms with Crippen LogP contribution >= 0.6 is 11.6 Å². The molecule has 0 aliphatic heterocycles. The maximum atomic E-state index is 8.92. The van der Waals surface area contributed by atoms with Crippen LogP contribution in [0.4, 0.5) is 5.69 Å². The van der Waals surface area contributed by atoms with Gasteiger partial charge in [0.1, 0.15) is 0 Å². The van der Waals surface area contributed by atoms with Gasteiger partial charge in [0, 0.05) is 16.8 Å². The summed E-state index contributed by atoms with van der Waals surface area (Å²) in [5.41, 5.74) is 3.84. The summed E-state index contributed by atoms with van der Waals surface area (Å²) in [5.74, 6) is 0. The summed E-state index contributed by atoms with van der Waals surface area (Å²) in [6.07, 6.45) is 0. The summed E-state index contributed by atoms with van der Waals surface area (Å²) in [6, 6.07) is 15.8. The molecule has 0 fully saturated rings. The number of halogens is 1. The van der Waals surface area contributed by atoms with Crippen LogP contribution in [0, 0.1) is 18.3 Å². The molecule has 0 heterocycles. The van der Waals surface area contributed by atoms with E-state index in [2.05, 4.69) is 18.3 Å². The largest absolute Gasteiger partial charge is 0.379 e. The number of aryl methyl sites for hydroxylation is 1. The lowest BCUT2D eigenvalue weighted by molar-refractivity contribution is 0.884. The van der Waals surface area contributed by atoms with E-state index in [0.717, 1.165) is 21.8 Å². The zero-order chi connectivity index (χ0) is 13.8. The average molecular weight is 271 g/mol. The number of nitrogens with one attached hydrogen (secondary N) is 1. The first-order chi connectivity index (χ1) is 9.10. The topological polar surface area (TPSA) is 35.8 Å². The average Bonchev–Trinajstić information content (AvgIpc) is 2.43. The van der Waals surface area contributed by atoms with E-state index in [9.17, 15) is 0 Å². The first-order valence-electron chi connectivity index (χ1n) is 6.13. The monoisotopic (exact) mass is 270 g/mol. The minimum absolute atomic E-state index is 0.133. The molecule has 2 nitrogen and oxygen atoms in total. The lowest BCUT2D eigenvalue weighted by Crippen LogP contribution is -2.06. The van der Waals surface area contributed by atoms with Gasteiger partial charge in [0.05, 0.1) is 11.6 Å². The van der Waals surface area contributed by atoms with Crippen molar-refractivity contribution in [2.45, 2.75) is 19.9 Å². The number of nitriles is 1. The molecule has 3 heteroatoms.